The molecule has 1 saturated heterocycles. The molecule has 3 aromatic heterocycles. The molecule has 158 valence electrons. The Morgan fingerprint density at radius 1 is 1.27 bits per heavy atom. The third-order valence-electron chi connectivity index (χ3n) is 5.19. The summed E-state index contributed by atoms with van der Waals surface area (Å²) in [6.45, 7) is 2.33. The molecule has 30 heavy (non-hydrogen) atoms. The number of pyridine rings is 1. The Morgan fingerprint density at radius 2 is 2.07 bits per heavy atom. The van der Waals surface area contributed by atoms with Crippen LogP contribution in [0.3, 0.4) is 0 Å². The molecule has 0 aliphatic carbocycles. The summed E-state index contributed by atoms with van der Waals surface area (Å²) < 4.78 is 1.67. The van der Waals surface area contributed by atoms with Gasteiger partial charge in [0.15, 0.2) is 22.8 Å². The van der Waals surface area contributed by atoms with Crippen LogP contribution in [0.1, 0.15) is 13.1 Å². The predicted molar refractivity (Wildman–Crippen MR) is 110 cm³/mol. The van der Waals surface area contributed by atoms with Gasteiger partial charge in [0.05, 0.1) is 11.3 Å². The molecule has 0 aromatic carbocycles. The van der Waals surface area contributed by atoms with E-state index in [1.54, 1.807) is 28.8 Å². The van der Waals surface area contributed by atoms with Crippen molar-refractivity contribution in [3.63, 3.8) is 0 Å². The van der Waals surface area contributed by atoms with Crippen LogP contribution in [-0.4, -0.2) is 78.0 Å². The van der Waals surface area contributed by atoms with E-state index in [4.69, 9.17) is 11.6 Å². The van der Waals surface area contributed by atoms with Gasteiger partial charge in [-0.2, -0.15) is 0 Å². The van der Waals surface area contributed by atoms with E-state index in [0.717, 1.165) is 0 Å². The lowest BCUT2D eigenvalue weighted by atomic mass is 10.2. The zero-order valence-electron chi connectivity index (χ0n) is 16.3. The van der Waals surface area contributed by atoms with Crippen LogP contribution in [0.5, 0.6) is 0 Å². The van der Waals surface area contributed by atoms with E-state index < -0.39 is 24.5 Å². The van der Waals surface area contributed by atoms with Gasteiger partial charge in [0.1, 0.15) is 24.5 Å². The molecule has 4 heterocycles. The zero-order valence-corrected chi connectivity index (χ0v) is 17.0. The molecule has 0 spiro atoms. The Kier molecular flexibility index (Phi) is 5.52. The summed E-state index contributed by atoms with van der Waals surface area (Å²) in [6, 6.07) is 1.70. The van der Waals surface area contributed by atoms with E-state index in [1.807, 2.05) is 6.92 Å². The molecule has 4 rings (SSSR count). The first-order chi connectivity index (χ1) is 14.5. The van der Waals surface area contributed by atoms with Gasteiger partial charge in [-0.15, -0.1) is 0 Å². The van der Waals surface area contributed by atoms with Crippen LogP contribution in [-0.2, 0) is 4.79 Å². The second-order valence-electron chi connectivity index (χ2n) is 6.82. The lowest BCUT2D eigenvalue weighted by molar-refractivity contribution is -0.112. The van der Waals surface area contributed by atoms with Crippen molar-refractivity contribution in [2.75, 3.05) is 18.9 Å². The lowest BCUT2D eigenvalue weighted by Gasteiger charge is -2.29. The van der Waals surface area contributed by atoms with Crippen molar-refractivity contribution in [1.29, 1.82) is 0 Å². The van der Waals surface area contributed by atoms with Gasteiger partial charge in [0.25, 0.3) is 0 Å². The number of likely N-dealkylation sites (tertiary alicyclic amines) is 1. The maximum absolute atomic E-state index is 11.0. The number of aliphatic hydroxyl groups excluding tert-OH is 2. The first kappa shape index (κ1) is 20.4. The molecule has 12 heteroatoms. The van der Waals surface area contributed by atoms with Crippen molar-refractivity contribution < 1.29 is 15.0 Å². The van der Waals surface area contributed by atoms with Crippen molar-refractivity contribution in [2.45, 2.75) is 31.5 Å². The van der Waals surface area contributed by atoms with Gasteiger partial charge in [0.2, 0.25) is 6.41 Å². The van der Waals surface area contributed by atoms with Crippen LogP contribution >= 0.6 is 11.6 Å². The largest absolute Gasteiger partial charge is 0.387 e. The molecular formula is C18H21ClN8O3. The maximum atomic E-state index is 11.0. The molecule has 1 fully saturated rings. The summed E-state index contributed by atoms with van der Waals surface area (Å²) in [5.41, 5.74) is 1.57. The summed E-state index contributed by atoms with van der Waals surface area (Å²) in [4.78, 5) is 30.4. The smallest absolute Gasteiger partial charge is 0.208 e. The number of aromatic nitrogens is 5. The highest BCUT2D eigenvalue weighted by Crippen LogP contribution is 2.35. The number of rotatable bonds is 6. The summed E-state index contributed by atoms with van der Waals surface area (Å²) in [5, 5.41) is 27.3. The van der Waals surface area contributed by atoms with Crippen LogP contribution in [0.4, 0.5) is 5.82 Å². The molecule has 4 atom stereocenters. The third kappa shape index (κ3) is 3.25. The molecular weight excluding hydrogens is 412 g/mol. The predicted octanol–water partition coefficient (Wildman–Crippen LogP) is 0.211. The molecule has 4 N–H and O–H groups in total. The van der Waals surface area contributed by atoms with Gasteiger partial charge in [-0.25, -0.2) is 15.0 Å². The number of hydrogen-bond acceptors (Lipinski definition) is 9. The number of imidazole rings is 1. The number of carbonyl (C=O) groups is 1. The van der Waals surface area contributed by atoms with E-state index in [-0.39, 0.29) is 0 Å². The number of fused-ring (bicyclic) bond motifs is 1. The standard InChI is InChI=1S/C18H21ClN8O3/c1-3-26-17(23-8-28)12(29)13(30)18(26)27-7-22-11-15(20-2)24-14(25-16(11)27)9-4-10(19)6-21-5-9/h4-8,12-13,17-18,29-30H,3H2,1-2H3,(H,23,28)(H,20,24,25)/t12-,13+,17-,18-/m0/s1. The molecule has 11 nitrogen and oxygen atoms in total. The van der Waals surface area contributed by atoms with E-state index in [0.29, 0.717) is 46.3 Å². The average Bonchev–Trinajstić information content (AvgIpc) is 3.27. The Bertz CT molecular complexity index is 1080. The van der Waals surface area contributed by atoms with Crippen molar-refractivity contribution in [3.05, 3.63) is 29.8 Å². The lowest BCUT2D eigenvalue weighted by Crippen LogP contribution is -2.47. The maximum Gasteiger partial charge on any atom is 0.208 e. The van der Waals surface area contributed by atoms with Gasteiger partial charge in [0, 0.05) is 25.0 Å². The Hall–Kier alpha value is -2.86. The average molecular weight is 433 g/mol. The van der Waals surface area contributed by atoms with Gasteiger partial charge in [-0.3, -0.25) is 19.2 Å². The number of amides is 1. The first-order valence-electron chi connectivity index (χ1n) is 9.35. The second-order valence-corrected chi connectivity index (χ2v) is 7.25. The van der Waals surface area contributed by atoms with E-state index in [2.05, 4.69) is 30.6 Å². The monoisotopic (exact) mass is 432 g/mol. The number of carbonyl (C=O) groups excluding carboxylic acids is 1. The molecule has 0 saturated carbocycles. The van der Waals surface area contributed by atoms with Gasteiger partial charge in [-0.1, -0.05) is 18.5 Å². The van der Waals surface area contributed by atoms with E-state index in [9.17, 15) is 15.0 Å². The summed E-state index contributed by atoms with van der Waals surface area (Å²) in [7, 11) is 1.72. The van der Waals surface area contributed by atoms with E-state index >= 15 is 0 Å². The fraction of sp³-hybridized carbons (Fsp3) is 0.389. The van der Waals surface area contributed by atoms with Crippen molar-refractivity contribution >= 4 is 35.0 Å². The Balaban J connectivity index is 1.87. The number of nitrogens with zero attached hydrogens (tertiary/aromatic N) is 6. The number of nitrogens with one attached hydrogen (secondary N) is 2. The van der Waals surface area contributed by atoms with Crippen molar-refractivity contribution in [2.24, 2.45) is 0 Å². The topological polar surface area (TPSA) is 141 Å². The molecule has 1 aliphatic rings. The molecule has 0 radical (unpaired) electrons. The highest BCUT2D eigenvalue weighted by Gasteiger charge is 2.48. The van der Waals surface area contributed by atoms with Crippen LogP contribution in [0.2, 0.25) is 5.02 Å². The highest BCUT2D eigenvalue weighted by atomic mass is 35.5. The van der Waals surface area contributed by atoms with E-state index in [1.165, 1.54) is 12.5 Å². The number of halogens is 1. The van der Waals surface area contributed by atoms with Gasteiger partial charge < -0.3 is 20.8 Å². The minimum atomic E-state index is -1.18. The fourth-order valence-corrected chi connectivity index (χ4v) is 4.01. The first-order valence-corrected chi connectivity index (χ1v) is 9.72. The molecule has 1 amide bonds. The van der Waals surface area contributed by atoms with Crippen LogP contribution < -0.4 is 10.6 Å². The molecule has 1 aliphatic heterocycles. The SMILES string of the molecule is CCN1[C@H](NC=O)[C@@H](O)[C@@H](O)[C@@H]1n1cnc2c(NC)nc(-c3cncc(Cl)c3)nc21. The van der Waals surface area contributed by atoms with Crippen molar-refractivity contribution in [3.8, 4) is 11.4 Å². The third-order valence-corrected chi connectivity index (χ3v) is 5.39. The van der Waals surface area contributed by atoms with Gasteiger partial charge in [-0.05, 0) is 12.6 Å². The number of aliphatic hydroxyl groups is 2. The molecule has 0 bridgehead atoms. The minimum absolute atomic E-state index is 0.377. The zero-order chi connectivity index (χ0) is 21.4. The van der Waals surface area contributed by atoms with Crippen LogP contribution in [0.15, 0.2) is 24.8 Å². The van der Waals surface area contributed by atoms with Crippen LogP contribution in [0, 0.1) is 0 Å². The Labute approximate surface area is 176 Å². The fourth-order valence-electron chi connectivity index (χ4n) is 3.84. The van der Waals surface area contributed by atoms with Crippen molar-refractivity contribution in [1.82, 2.24) is 34.7 Å². The summed E-state index contributed by atoms with van der Waals surface area (Å²) in [6.07, 6.45) is 1.36. The number of anilines is 1. The molecule has 3 aromatic rings. The normalized spacial score (nSPS) is 24.3. The number of hydrogen-bond donors (Lipinski definition) is 4. The second kappa shape index (κ2) is 8.11. The highest BCUT2D eigenvalue weighted by molar-refractivity contribution is 6.30. The number of likely N-dealkylation sites (N-methyl/N-ethyl adjacent to an activating group) is 1. The Morgan fingerprint density at radius 3 is 2.73 bits per heavy atom. The quantitative estimate of drug-likeness (QED) is 0.402. The summed E-state index contributed by atoms with van der Waals surface area (Å²) >= 11 is 6.07. The molecule has 0 unspecified atom stereocenters. The summed E-state index contributed by atoms with van der Waals surface area (Å²) in [5.74, 6) is 0.870. The van der Waals surface area contributed by atoms with Gasteiger partial charge >= 0.3 is 0 Å². The minimum Gasteiger partial charge on any atom is -0.387 e. The van der Waals surface area contributed by atoms with Crippen LogP contribution in [0.25, 0.3) is 22.6 Å².